The second-order valence-corrected chi connectivity index (χ2v) is 6.02. The van der Waals surface area contributed by atoms with E-state index in [2.05, 4.69) is 13.8 Å². The largest absolute Gasteiger partial charge is 0.481 e. The molecule has 1 rings (SSSR count). The number of hydrogen-bond acceptors (Lipinski definition) is 2. The van der Waals surface area contributed by atoms with Crippen molar-refractivity contribution in [2.45, 2.75) is 70.8 Å². The molecule has 0 heterocycles. The van der Waals surface area contributed by atoms with Crippen molar-refractivity contribution in [3.63, 3.8) is 0 Å². The van der Waals surface area contributed by atoms with Crippen molar-refractivity contribution < 1.29 is 9.90 Å². The number of aliphatic carboxylic acids is 1. The molecule has 0 radical (unpaired) electrons. The first-order valence-corrected chi connectivity index (χ1v) is 6.97. The minimum atomic E-state index is -0.707. The summed E-state index contributed by atoms with van der Waals surface area (Å²) in [6, 6.07) is 0. The lowest BCUT2D eigenvalue weighted by molar-refractivity contribution is -0.145. The van der Waals surface area contributed by atoms with E-state index in [9.17, 15) is 9.90 Å². The van der Waals surface area contributed by atoms with Gasteiger partial charge >= 0.3 is 5.97 Å². The predicted octanol–water partition coefficient (Wildman–Crippen LogP) is 3.18. The highest BCUT2D eigenvalue weighted by molar-refractivity contribution is 5.71. The Hall–Kier alpha value is -0.570. The highest BCUT2D eigenvalue weighted by atomic mass is 16.4. The van der Waals surface area contributed by atoms with Crippen LogP contribution >= 0.6 is 0 Å². The molecule has 0 spiro atoms. The molecule has 1 aliphatic carbocycles. The first-order valence-electron chi connectivity index (χ1n) is 6.97. The van der Waals surface area contributed by atoms with Gasteiger partial charge in [-0.25, -0.2) is 0 Å². The van der Waals surface area contributed by atoms with Crippen LogP contribution in [0.25, 0.3) is 0 Å². The topological polar surface area (TPSA) is 63.3 Å². The van der Waals surface area contributed by atoms with Crippen LogP contribution in [0.3, 0.4) is 0 Å². The van der Waals surface area contributed by atoms with Gasteiger partial charge in [-0.05, 0) is 25.2 Å². The normalized spacial score (nSPS) is 22.8. The van der Waals surface area contributed by atoms with E-state index in [4.69, 9.17) is 5.73 Å². The van der Waals surface area contributed by atoms with Crippen LogP contribution in [0.15, 0.2) is 0 Å². The predicted molar refractivity (Wildman–Crippen MR) is 69.8 cm³/mol. The van der Waals surface area contributed by atoms with Gasteiger partial charge in [0.15, 0.2) is 0 Å². The Balaban J connectivity index is 2.76. The van der Waals surface area contributed by atoms with Gasteiger partial charge in [-0.2, -0.15) is 0 Å². The standard InChI is InChI=1S/C14H27NO2/c1-11(2)10-12(13(16)17)14(15)8-6-4-3-5-7-9-14/h11-12H,3-10,15H2,1-2H3,(H,16,17). The summed E-state index contributed by atoms with van der Waals surface area (Å²) in [5.74, 6) is -0.690. The molecule has 0 aliphatic heterocycles. The second kappa shape index (κ2) is 6.39. The van der Waals surface area contributed by atoms with Crippen molar-refractivity contribution in [1.82, 2.24) is 0 Å². The van der Waals surface area contributed by atoms with E-state index in [1.54, 1.807) is 0 Å². The van der Waals surface area contributed by atoms with E-state index in [0.29, 0.717) is 12.3 Å². The maximum atomic E-state index is 11.5. The van der Waals surface area contributed by atoms with Crippen LogP contribution in [0.4, 0.5) is 0 Å². The molecule has 3 nitrogen and oxygen atoms in total. The van der Waals surface area contributed by atoms with Crippen LogP contribution < -0.4 is 5.73 Å². The Morgan fingerprint density at radius 1 is 1.18 bits per heavy atom. The molecule has 0 aromatic rings. The van der Waals surface area contributed by atoms with Crippen LogP contribution in [0.2, 0.25) is 0 Å². The zero-order valence-corrected chi connectivity index (χ0v) is 11.2. The van der Waals surface area contributed by atoms with Crippen LogP contribution in [0.5, 0.6) is 0 Å². The first-order chi connectivity index (χ1) is 7.96. The number of rotatable bonds is 4. The molecule has 0 amide bonds. The lowest BCUT2D eigenvalue weighted by atomic mass is 9.72. The summed E-state index contributed by atoms with van der Waals surface area (Å²) in [5.41, 5.74) is 5.97. The van der Waals surface area contributed by atoms with Gasteiger partial charge in [0.25, 0.3) is 0 Å². The van der Waals surface area contributed by atoms with Crippen LogP contribution in [0.1, 0.15) is 65.2 Å². The lowest BCUT2D eigenvalue weighted by Crippen LogP contribution is -2.51. The molecule has 1 fully saturated rings. The van der Waals surface area contributed by atoms with Crippen molar-refractivity contribution in [3.8, 4) is 0 Å². The van der Waals surface area contributed by atoms with Crippen molar-refractivity contribution in [2.75, 3.05) is 0 Å². The third kappa shape index (κ3) is 4.30. The molecule has 3 N–H and O–H groups in total. The minimum Gasteiger partial charge on any atom is -0.481 e. The molecule has 100 valence electrons. The molecular weight excluding hydrogens is 214 g/mol. The average molecular weight is 241 g/mol. The van der Waals surface area contributed by atoms with Gasteiger partial charge in [0, 0.05) is 5.54 Å². The van der Waals surface area contributed by atoms with Gasteiger partial charge in [-0.1, -0.05) is 46.0 Å². The zero-order chi connectivity index (χ0) is 12.9. The minimum absolute atomic E-state index is 0.374. The molecule has 1 aliphatic rings. The van der Waals surface area contributed by atoms with E-state index >= 15 is 0 Å². The fourth-order valence-electron chi connectivity index (χ4n) is 2.96. The van der Waals surface area contributed by atoms with Crippen molar-refractivity contribution >= 4 is 5.97 Å². The highest BCUT2D eigenvalue weighted by Gasteiger charge is 2.39. The first kappa shape index (κ1) is 14.5. The Morgan fingerprint density at radius 3 is 2.06 bits per heavy atom. The van der Waals surface area contributed by atoms with E-state index in [1.165, 1.54) is 19.3 Å². The Bertz CT molecular complexity index is 243. The van der Waals surface area contributed by atoms with Gasteiger partial charge in [0.05, 0.1) is 5.92 Å². The molecule has 1 saturated carbocycles. The molecular formula is C14H27NO2. The maximum absolute atomic E-state index is 11.5. The number of nitrogens with two attached hydrogens (primary N) is 1. The lowest BCUT2D eigenvalue weighted by Gasteiger charge is -2.37. The Kier molecular flexibility index (Phi) is 5.44. The summed E-state index contributed by atoms with van der Waals surface area (Å²) in [6.07, 6.45) is 8.29. The Labute approximate surface area is 105 Å². The maximum Gasteiger partial charge on any atom is 0.308 e. The fraction of sp³-hybridized carbons (Fsp3) is 0.929. The van der Waals surface area contributed by atoms with E-state index in [0.717, 1.165) is 25.7 Å². The summed E-state index contributed by atoms with van der Waals surface area (Å²) < 4.78 is 0. The molecule has 3 heteroatoms. The van der Waals surface area contributed by atoms with Crippen LogP contribution in [-0.4, -0.2) is 16.6 Å². The third-order valence-corrected chi connectivity index (χ3v) is 3.98. The highest BCUT2D eigenvalue weighted by Crippen LogP contribution is 2.34. The second-order valence-electron chi connectivity index (χ2n) is 6.02. The molecule has 0 bridgehead atoms. The number of carboxylic acid groups (broad SMARTS) is 1. The van der Waals surface area contributed by atoms with Gasteiger partial charge < -0.3 is 10.8 Å². The number of carboxylic acids is 1. The zero-order valence-electron chi connectivity index (χ0n) is 11.2. The van der Waals surface area contributed by atoms with Gasteiger partial charge in [-0.15, -0.1) is 0 Å². The summed E-state index contributed by atoms with van der Waals surface area (Å²) >= 11 is 0. The number of hydrogen-bond donors (Lipinski definition) is 2. The fourth-order valence-corrected chi connectivity index (χ4v) is 2.96. The smallest absolute Gasteiger partial charge is 0.308 e. The third-order valence-electron chi connectivity index (χ3n) is 3.98. The Morgan fingerprint density at radius 2 is 1.65 bits per heavy atom. The molecule has 0 aromatic heterocycles. The summed E-state index contributed by atoms with van der Waals surface area (Å²) in [7, 11) is 0. The van der Waals surface area contributed by atoms with E-state index < -0.39 is 11.5 Å². The quantitative estimate of drug-likeness (QED) is 0.794. The van der Waals surface area contributed by atoms with Crippen molar-refractivity contribution in [3.05, 3.63) is 0 Å². The van der Waals surface area contributed by atoms with Crippen molar-refractivity contribution in [2.24, 2.45) is 17.6 Å². The number of carbonyl (C=O) groups is 1. The van der Waals surface area contributed by atoms with Crippen LogP contribution in [0, 0.1) is 11.8 Å². The molecule has 17 heavy (non-hydrogen) atoms. The molecule has 1 atom stereocenters. The van der Waals surface area contributed by atoms with E-state index in [1.807, 2.05) is 0 Å². The van der Waals surface area contributed by atoms with Gasteiger partial charge in [-0.3, -0.25) is 4.79 Å². The SMILES string of the molecule is CC(C)CC(C(=O)O)C1(N)CCCCCCC1. The van der Waals surface area contributed by atoms with Gasteiger partial charge in [0.1, 0.15) is 0 Å². The summed E-state index contributed by atoms with van der Waals surface area (Å²) in [4.78, 5) is 11.5. The summed E-state index contributed by atoms with van der Waals surface area (Å²) in [6.45, 7) is 4.14. The molecule has 0 aromatic carbocycles. The van der Waals surface area contributed by atoms with Gasteiger partial charge in [0.2, 0.25) is 0 Å². The molecule has 0 saturated heterocycles. The van der Waals surface area contributed by atoms with Crippen molar-refractivity contribution in [1.29, 1.82) is 0 Å². The average Bonchev–Trinajstić information content (AvgIpc) is 2.20. The van der Waals surface area contributed by atoms with E-state index in [-0.39, 0.29) is 5.92 Å². The monoisotopic (exact) mass is 241 g/mol. The summed E-state index contributed by atoms with van der Waals surface area (Å²) in [5, 5.41) is 9.42. The van der Waals surface area contributed by atoms with Crippen LogP contribution in [-0.2, 0) is 4.79 Å². The molecule has 1 unspecified atom stereocenters.